The van der Waals surface area contributed by atoms with Gasteiger partial charge >= 0.3 is 0 Å². The van der Waals surface area contributed by atoms with Crippen molar-refractivity contribution in [2.24, 2.45) is 0 Å². The average molecular weight is 523 g/mol. The second kappa shape index (κ2) is 16.4. The first-order chi connectivity index (χ1) is 18.0. The Hall–Kier alpha value is -2.40. The molecule has 0 fully saturated rings. The van der Waals surface area contributed by atoms with Crippen LogP contribution in [0, 0.1) is 0 Å². The first-order valence-corrected chi connectivity index (χ1v) is 15.2. The number of hydrogen-bond acceptors (Lipinski definition) is 4. The fraction of sp³-hybridized carbons (Fsp3) is 0.531. The van der Waals surface area contributed by atoms with Crippen molar-refractivity contribution in [2.45, 2.75) is 98.1 Å². The van der Waals surface area contributed by atoms with E-state index in [2.05, 4.69) is 49.2 Å². The monoisotopic (exact) mass is 522 g/mol. The van der Waals surface area contributed by atoms with Crippen LogP contribution in [-0.4, -0.2) is 23.3 Å². The number of anilines is 1. The molecule has 1 amide bonds. The molecule has 0 saturated heterocycles. The van der Waals surface area contributed by atoms with Gasteiger partial charge in [-0.25, -0.2) is 0 Å². The molecule has 0 unspecified atom stereocenters. The van der Waals surface area contributed by atoms with Gasteiger partial charge in [0.1, 0.15) is 5.75 Å². The van der Waals surface area contributed by atoms with Crippen LogP contribution in [0.2, 0.25) is 0 Å². The lowest BCUT2D eigenvalue weighted by Gasteiger charge is -2.23. The number of carbonyl (C=O) groups is 1. The summed E-state index contributed by atoms with van der Waals surface area (Å²) in [6.45, 7) is 8.23. The van der Waals surface area contributed by atoms with Crippen molar-refractivity contribution in [3.63, 3.8) is 0 Å². The van der Waals surface area contributed by atoms with Gasteiger partial charge < -0.3 is 14.5 Å². The fourth-order valence-electron chi connectivity index (χ4n) is 4.70. The minimum atomic E-state index is 0.0471. The van der Waals surface area contributed by atoms with Gasteiger partial charge in [-0.2, -0.15) is 0 Å². The minimum Gasteiger partial charge on any atom is -0.494 e. The van der Waals surface area contributed by atoms with E-state index in [4.69, 9.17) is 4.74 Å². The maximum Gasteiger partial charge on any atom is 0.224 e. The lowest BCUT2D eigenvalue weighted by atomic mass is 10.1. The molecule has 202 valence electrons. The second-order valence-electron chi connectivity index (χ2n) is 10.2. The number of allylic oxidation sites excluding steroid dienone is 1. The van der Waals surface area contributed by atoms with E-state index in [0.717, 1.165) is 42.4 Å². The summed E-state index contributed by atoms with van der Waals surface area (Å²) >= 11 is 1.87. The number of carbonyl (C=O) groups excluding carboxylic acids is 1. The van der Waals surface area contributed by atoms with Crippen molar-refractivity contribution < 1.29 is 9.53 Å². The molecule has 0 saturated carbocycles. The summed E-state index contributed by atoms with van der Waals surface area (Å²) < 4.78 is 5.97. The summed E-state index contributed by atoms with van der Waals surface area (Å²) in [5, 5.41) is 0. The third kappa shape index (κ3) is 10.9. The Morgan fingerprint density at radius 3 is 2.22 bits per heavy atom. The van der Waals surface area contributed by atoms with Crippen LogP contribution in [0.4, 0.5) is 5.69 Å². The van der Waals surface area contributed by atoms with E-state index in [1.54, 1.807) is 6.92 Å². The van der Waals surface area contributed by atoms with Crippen molar-refractivity contribution in [3.05, 3.63) is 70.8 Å². The number of unbranched alkanes of at least 4 members (excludes halogenated alkanes) is 9. The number of amides is 1. The van der Waals surface area contributed by atoms with Crippen LogP contribution in [0.25, 0.3) is 0 Å². The largest absolute Gasteiger partial charge is 0.494 e. The minimum absolute atomic E-state index is 0.0471. The molecule has 2 aromatic rings. The second-order valence-corrected chi connectivity index (χ2v) is 11.4. The number of hydrogen-bond donors (Lipinski definition) is 0. The van der Waals surface area contributed by atoms with E-state index in [-0.39, 0.29) is 5.91 Å². The fourth-order valence-corrected chi connectivity index (χ4v) is 5.46. The maximum atomic E-state index is 12.5. The SMILES string of the molecule is CCCCCCCCCCCCOc1ccc(CN(C(C)=O)c2cccc(CN3C=C(C)SC3)c2)cc1. The van der Waals surface area contributed by atoms with Gasteiger partial charge in [0, 0.05) is 25.4 Å². The summed E-state index contributed by atoms with van der Waals surface area (Å²) in [7, 11) is 0. The van der Waals surface area contributed by atoms with Crippen LogP contribution in [-0.2, 0) is 17.9 Å². The van der Waals surface area contributed by atoms with Crippen LogP contribution >= 0.6 is 11.8 Å². The highest BCUT2D eigenvalue weighted by Crippen LogP contribution is 2.27. The van der Waals surface area contributed by atoms with E-state index in [1.807, 2.05) is 40.9 Å². The van der Waals surface area contributed by atoms with Crippen LogP contribution < -0.4 is 9.64 Å². The van der Waals surface area contributed by atoms with Gasteiger partial charge in [0.2, 0.25) is 5.91 Å². The topological polar surface area (TPSA) is 32.8 Å². The predicted octanol–water partition coefficient (Wildman–Crippen LogP) is 8.91. The Bertz CT molecular complexity index is 973. The third-order valence-electron chi connectivity index (χ3n) is 6.84. The van der Waals surface area contributed by atoms with E-state index in [0.29, 0.717) is 6.54 Å². The summed E-state index contributed by atoms with van der Waals surface area (Å²) in [6, 6.07) is 16.5. The highest BCUT2D eigenvalue weighted by atomic mass is 32.2. The zero-order valence-corrected chi connectivity index (χ0v) is 24.0. The zero-order valence-electron chi connectivity index (χ0n) is 23.2. The molecule has 0 radical (unpaired) electrons. The van der Waals surface area contributed by atoms with E-state index in [9.17, 15) is 4.79 Å². The summed E-state index contributed by atoms with van der Waals surface area (Å²) in [6.07, 6.45) is 15.5. The molecule has 4 nitrogen and oxygen atoms in total. The Morgan fingerprint density at radius 1 is 0.919 bits per heavy atom. The third-order valence-corrected chi connectivity index (χ3v) is 7.86. The smallest absolute Gasteiger partial charge is 0.224 e. The van der Waals surface area contributed by atoms with Crippen LogP contribution in [0.1, 0.15) is 96.1 Å². The van der Waals surface area contributed by atoms with E-state index >= 15 is 0 Å². The molecule has 5 heteroatoms. The zero-order chi connectivity index (χ0) is 26.3. The summed E-state index contributed by atoms with van der Waals surface area (Å²) in [5.74, 6) is 1.94. The van der Waals surface area contributed by atoms with Gasteiger partial charge in [-0.1, -0.05) is 89.0 Å². The molecule has 0 aliphatic carbocycles. The predicted molar refractivity (Wildman–Crippen MR) is 159 cm³/mol. The van der Waals surface area contributed by atoms with E-state index in [1.165, 1.54) is 68.3 Å². The molecule has 1 aliphatic rings. The molecule has 1 aliphatic heterocycles. The Morgan fingerprint density at radius 2 is 1.59 bits per heavy atom. The summed E-state index contributed by atoms with van der Waals surface area (Å²) in [4.78, 5) is 18.0. The molecule has 0 bridgehead atoms. The van der Waals surface area contributed by atoms with Crippen molar-refractivity contribution in [1.82, 2.24) is 4.90 Å². The first-order valence-electron chi connectivity index (χ1n) is 14.2. The maximum absolute atomic E-state index is 12.5. The molecule has 0 N–H and O–H groups in total. The molecule has 0 atom stereocenters. The standard InChI is InChI=1S/C32H46N2O2S/c1-4-5-6-7-8-9-10-11-12-13-21-36-32-19-17-29(18-20-32)25-34(28(3)35)31-16-14-15-30(22-31)24-33-23-27(2)37-26-33/h14-20,22-23H,4-13,21,24-26H2,1-3H3. The van der Waals surface area contributed by atoms with Crippen molar-refractivity contribution in [3.8, 4) is 5.75 Å². The average Bonchev–Trinajstić information content (AvgIpc) is 3.30. The molecule has 0 aromatic heterocycles. The van der Waals surface area contributed by atoms with Gasteiger partial charge in [0.25, 0.3) is 0 Å². The molecule has 3 rings (SSSR count). The number of benzene rings is 2. The van der Waals surface area contributed by atoms with Crippen molar-refractivity contribution in [1.29, 1.82) is 0 Å². The van der Waals surface area contributed by atoms with Gasteiger partial charge in [0.05, 0.1) is 19.0 Å². The molecule has 2 aromatic carbocycles. The number of rotatable bonds is 17. The number of thioether (sulfide) groups is 1. The molecule has 0 spiro atoms. The summed E-state index contributed by atoms with van der Waals surface area (Å²) in [5.41, 5.74) is 3.26. The van der Waals surface area contributed by atoms with Gasteiger partial charge in [-0.15, -0.1) is 11.8 Å². The normalized spacial score (nSPS) is 13.1. The van der Waals surface area contributed by atoms with Crippen LogP contribution in [0.5, 0.6) is 5.75 Å². The lowest BCUT2D eigenvalue weighted by Crippen LogP contribution is -2.28. The number of nitrogens with zero attached hydrogens (tertiary/aromatic N) is 2. The van der Waals surface area contributed by atoms with Gasteiger partial charge in [-0.3, -0.25) is 4.79 Å². The van der Waals surface area contributed by atoms with Gasteiger partial charge in [-0.05, 0) is 53.6 Å². The van der Waals surface area contributed by atoms with E-state index < -0.39 is 0 Å². The Balaban J connectivity index is 1.40. The van der Waals surface area contributed by atoms with Crippen molar-refractivity contribution >= 4 is 23.4 Å². The molecular weight excluding hydrogens is 476 g/mol. The molecule has 37 heavy (non-hydrogen) atoms. The van der Waals surface area contributed by atoms with Crippen LogP contribution in [0.3, 0.4) is 0 Å². The molecule has 1 heterocycles. The Kier molecular flexibility index (Phi) is 13.0. The van der Waals surface area contributed by atoms with Crippen molar-refractivity contribution in [2.75, 3.05) is 17.4 Å². The number of ether oxygens (including phenoxy) is 1. The Labute approximate surface area is 229 Å². The highest BCUT2D eigenvalue weighted by molar-refractivity contribution is 8.03. The quantitative estimate of drug-likeness (QED) is 0.194. The van der Waals surface area contributed by atoms with Crippen LogP contribution in [0.15, 0.2) is 59.6 Å². The molecular formula is C32H46N2O2S. The first kappa shape index (κ1) is 29.2. The highest BCUT2D eigenvalue weighted by Gasteiger charge is 2.15. The lowest BCUT2D eigenvalue weighted by molar-refractivity contribution is -0.116. The van der Waals surface area contributed by atoms with Gasteiger partial charge in [0.15, 0.2) is 0 Å².